The van der Waals surface area contributed by atoms with E-state index in [2.05, 4.69) is 23.8 Å². The summed E-state index contributed by atoms with van der Waals surface area (Å²) in [5, 5.41) is 9.40. The van der Waals surface area contributed by atoms with Gasteiger partial charge in [-0.15, -0.1) is 0 Å². The summed E-state index contributed by atoms with van der Waals surface area (Å²) in [5.41, 5.74) is 1.03. The fourth-order valence-electron chi connectivity index (χ4n) is 2.07. The highest BCUT2D eigenvalue weighted by atomic mass is 32.2. The third-order valence-corrected chi connectivity index (χ3v) is 3.91. The zero-order chi connectivity index (χ0) is 13.4. The molecule has 0 aromatic heterocycles. The van der Waals surface area contributed by atoms with E-state index in [4.69, 9.17) is 5.11 Å². The maximum Gasteiger partial charge on any atom is 0.374 e. The highest BCUT2D eigenvalue weighted by molar-refractivity contribution is 8.17. The summed E-state index contributed by atoms with van der Waals surface area (Å²) < 4.78 is 0. The summed E-state index contributed by atoms with van der Waals surface area (Å²) in [4.78, 5) is 31.3. The maximum absolute atomic E-state index is 11.9. The first kappa shape index (κ1) is 13.0. The van der Waals surface area contributed by atoms with Gasteiger partial charge in [0.25, 0.3) is 5.91 Å². The number of aliphatic imine (C=N–C) groups is 2. The summed E-state index contributed by atoms with van der Waals surface area (Å²) in [7, 11) is 0. The lowest BCUT2D eigenvalue weighted by molar-refractivity contribution is -0.130. The smallest absolute Gasteiger partial charge is 0.374 e. The van der Waals surface area contributed by atoms with Crippen LogP contribution in [0.3, 0.4) is 0 Å². The predicted octanol–water partition coefficient (Wildman–Crippen LogP) is 2.09. The number of carboxylic acid groups (broad SMARTS) is 1. The first-order chi connectivity index (χ1) is 8.40. The minimum Gasteiger partial charge on any atom is -0.475 e. The van der Waals surface area contributed by atoms with E-state index in [1.807, 2.05) is 6.92 Å². The van der Waals surface area contributed by atoms with Gasteiger partial charge in [-0.05, 0) is 29.7 Å². The third-order valence-electron chi connectivity index (χ3n) is 2.80. The fourth-order valence-corrected chi connectivity index (χ4v) is 3.21. The Morgan fingerprint density at radius 1 is 1.44 bits per heavy atom. The van der Waals surface area contributed by atoms with Crippen LogP contribution in [0.5, 0.6) is 0 Å². The molecular weight excluding hydrogens is 252 g/mol. The molecule has 1 N–H and O–H groups in total. The number of allylic oxidation sites excluding steroid dienone is 1. The van der Waals surface area contributed by atoms with E-state index in [1.165, 1.54) is 11.8 Å². The molecule has 2 aliphatic heterocycles. The number of amidine groups is 1. The molecular formula is C12H14N2O3S. The molecule has 0 saturated heterocycles. The standard InChI is InChI=1S/C12H14N2O3S/c1-5(2)4-7-6(3)18-11-8(7)10(15)13-9(14-11)12(16)17/h5,8H,4H2,1-3H3,(H,16,17). The molecule has 1 atom stereocenters. The van der Waals surface area contributed by atoms with Gasteiger partial charge in [0.15, 0.2) is 0 Å². The van der Waals surface area contributed by atoms with Crippen molar-refractivity contribution in [3.63, 3.8) is 0 Å². The van der Waals surface area contributed by atoms with Gasteiger partial charge >= 0.3 is 5.97 Å². The van der Waals surface area contributed by atoms with E-state index >= 15 is 0 Å². The minimum atomic E-state index is -1.26. The van der Waals surface area contributed by atoms with Gasteiger partial charge in [0.05, 0.1) is 5.04 Å². The number of nitrogens with zero attached hydrogens (tertiary/aromatic N) is 2. The zero-order valence-corrected chi connectivity index (χ0v) is 11.2. The molecule has 0 aliphatic carbocycles. The van der Waals surface area contributed by atoms with Gasteiger partial charge in [0.1, 0.15) is 5.92 Å². The molecule has 1 unspecified atom stereocenters. The van der Waals surface area contributed by atoms with E-state index < -0.39 is 23.6 Å². The number of aliphatic carboxylic acids is 1. The maximum atomic E-state index is 11.9. The number of hydrogen-bond acceptors (Lipinski definition) is 4. The fraction of sp³-hybridized carbons (Fsp3) is 0.500. The van der Waals surface area contributed by atoms with Crippen molar-refractivity contribution in [3.05, 3.63) is 10.5 Å². The number of carboxylic acids is 1. The SMILES string of the molecule is CC1=C(CC(C)C)C2C(=O)N=C(C(=O)O)N=C2S1. The molecule has 0 aromatic carbocycles. The van der Waals surface area contributed by atoms with Crippen molar-refractivity contribution < 1.29 is 14.7 Å². The van der Waals surface area contributed by atoms with E-state index in [0.717, 1.165) is 16.9 Å². The monoisotopic (exact) mass is 266 g/mol. The van der Waals surface area contributed by atoms with Crippen LogP contribution in [0.25, 0.3) is 0 Å². The summed E-state index contributed by atoms with van der Waals surface area (Å²) in [6.07, 6.45) is 0.812. The highest BCUT2D eigenvalue weighted by Crippen LogP contribution is 2.42. The predicted molar refractivity (Wildman–Crippen MR) is 70.7 cm³/mol. The summed E-state index contributed by atoms with van der Waals surface area (Å²) in [6.45, 7) is 6.11. The normalized spacial score (nSPS) is 23.1. The Balaban J connectivity index is 2.34. The van der Waals surface area contributed by atoms with Crippen LogP contribution in [0.4, 0.5) is 0 Å². The Morgan fingerprint density at radius 2 is 2.11 bits per heavy atom. The molecule has 0 spiro atoms. The second-order valence-corrected chi connectivity index (χ2v) is 5.98. The lowest BCUT2D eigenvalue weighted by Crippen LogP contribution is -2.28. The van der Waals surface area contributed by atoms with Crippen LogP contribution in [0.1, 0.15) is 27.2 Å². The van der Waals surface area contributed by atoms with E-state index in [1.54, 1.807) is 0 Å². The second-order valence-electron chi connectivity index (χ2n) is 4.74. The van der Waals surface area contributed by atoms with Crippen molar-refractivity contribution in [2.75, 3.05) is 0 Å². The van der Waals surface area contributed by atoms with Crippen LogP contribution in [-0.2, 0) is 9.59 Å². The topological polar surface area (TPSA) is 79.1 Å². The Bertz CT molecular complexity index is 517. The van der Waals surface area contributed by atoms with Crippen molar-refractivity contribution in [3.8, 4) is 0 Å². The summed E-state index contributed by atoms with van der Waals surface area (Å²) in [6, 6.07) is 0. The van der Waals surface area contributed by atoms with Crippen molar-refractivity contribution in [2.24, 2.45) is 21.8 Å². The van der Waals surface area contributed by atoms with Gasteiger partial charge in [-0.3, -0.25) is 4.79 Å². The van der Waals surface area contributed by atoms with Crippen LogP contribution in [0.2, 0.25) is 0 Å². The number of rotatable bonds is 3. The molecule has 0 fully saturated rings. The molecule has 0 bridgehead atoms. The zero-order valence-electron chi connectivity index (χ0n) is 10.4. The molecule has 6 heteroatoms. The molecule has 18 heavy (non-hydrogen) atoms. The number of thioether (sulfide) groups is 1. The van der Waals surface area contributed by atoms with Crippen molar-refractivity contribution in [2.45, 2.75) is 27.2 Å². The Hall–Kier alpha value is -1.43. The van der Waals surface area contributed by atoms with Crippen molar-refractivity contribution in [1.82, 2.24) is 0 Å². The number of hydrogen-bond donors (Lipinski definition) is 1. The molecule has 0 saturated carbocycles. The lowest BCUT2D eigenvalue weighted by atomic mass is 9.91. The van der Waals surface area contributed by atoms with Gasteiger partial charge in [0, 0.05) is 0 Å². The van der Waals surface area contributed by atoms with Gasteiger partial charge in [-0.1, -0.05) is 25.6 Å². The Kier molecular flexibility index (Phi) is 3.38. The van der Waals surface area contributed by atoms with Gasteiger partial charge in [-0.2, -0.15) is 4.99 Å². The second kappa shape index (κ2) is 4.68. The third kappa shape index (κ3) is 2.25. The van der Waals surface area contributed by atoms with Crippen LogP contribution in [0, 0.1) is 11.8 Å². The van der Waals surface area contributed by atoms with Crippen molar-refractivity contribution >= 4 is 34.5 Å². The largest absolute Gasteiger partial charge is 0.475 e. The molecule has 1 amide bonds. The molecule has 2 aliphatic rings. The lowest BCUT2D eigenvalue weighted by Gasteiger charge is -2.16. The van der Waals surface area contributed by atoms with Gasteiger partial charge in [0.2, 0.25) is 5.84 Å². The van der Waals surface area contributed by atoms with Crippen LogP contribution in [-0.4, -0.2) is 27.9 Å². The summed E-state index contributed by atoms with van der Waals surface area (Å²) in [5.74, 6) is -2.08. The van der Waals surface area contributed by atoms with Crippen LogP contribution >= 0.6 is 11.8 Å². The minimum absolute atomic E-state index is 0.405. The van der Waals surface area contributed by atoms with E-state index in [-0.39, 0.29) is 0 Å². The molecule has 0 radical (unpaired) electrons. The molecule has 2 rings (SSSR count). The number of carbonyl (C=O) groups is 2. The Morgan fingerprint density at radius 3 is 2.67 bits per heavy atom. The molecule has 5 nitrogen and oxygen atoms in total. The van der Waals surface area contributed by atoms with Gasteiger partial charge in [-0.25, -0.2) is 9.79 Å². The molecule has 2 heterocycles. The van der Waals surface area contributed by atoms with Gasteiger partial charge < -0.3 is 5.11 Å². The summed E-state index contributed by atoms with van der Waals surface area (Å²) >= 11 is 1.39. The number of carbonyl (C=O) groups excluding carboxylic acids is 1. The first-order valence-electron chi connectivity index (χ1n) is 5.72. The van der Waals surface area contributed by atoms with E-state index in [9.17, 15) is 9.59 Å². The Labute approximate surface area is 109 Å². The van der Waals surface area contributed by atoms with Crippen LogP contribution in [0.15, 0.2) is 20.5 Å². The van der Waals surface area contributed by atoms with Crippen molar-refractivity contribution in [1.29, 1.82) is 0 Å². The first-order valence-corrected chi connectivity index (χ1v) is 6.53. The van der Waals surface area contributed by atoms with E-state index in [0.29, 0.717) is 11.0 Å². The van der Waals surface area contributed by atoms with Crippen LogP contribution < -0.4 is 0 Å². The average Bonchev–Trinajstić information content (AvgIpc) is 2.54. The molecule has 96 valence electrons. The number of amides is 1. The highest BCUT2D eigenvalue weighted by Gasteiger charge is 2.39. The average molecular weight is 266 g/mol. The number of fused-ring (bicyclic) bond motifs is 1. The molecule has 0 aromatic rings. The quantitative estimate of drug-likeness (QED) is 0.848.